The predicted octanol–water partition coefficient (Wildman–Crippen LogP) is 1.10. The molecule has 6 nitrogen and oxygen atoms in total. The Morgan fingerprint density at radius 2 is 2.10 bits per heavy atom. The van der Waals surface area contributed by atoms with E-state index in [0.717, 1.165) is 32.1 Å². The smallest absolute Gasteiger partial charge is 0.407 e. The normalized spacial score (nSPS) is 30.8. The Labute approximate surface area is 126 Å². The van der Waals surface area contributed by atoms with Gasteiger partial charge in [-0.15, -0.1) is 0 Å². The van der Waals surface area contributed by atoms with E-state index in [2.05, 4.69) is 10.1 Å². The number of carbonyl (C=O) groups is 2. The number of carbonyl (C=O) groups excluding carboxylic acids is 2. The zero-order valence-corrected chi connectivity index (χ0v) is 13.0. The summed E-state index contributed by atoms with van der Waals surface area (Å²) in [5.74, 6) is 0.616. The first kappa shape index (κ1) is 16.1. The molecule has 2 rings (SSSR count). The maximum absolute atomic E-state index is 12.6. The number of hydrogen-bond acceptors (Lipinski definition) is 4. The Hall–Kier alpha value is -1.30. The van der Waals surface area contributed by atoms with Crippen molar-refractivity contribution < 1.29 is 14.3 Å². The van der Waals surface area contributed by atoms with E-state index in [4.69, 9.17) is 5.73 Å². The van der Waals surface area contributed by atoms with Gasteiger partial charge in [0, 0.05) is 25.0 Å². The van der Waals surface area contributed by atoms with E-state index < -0.39 is 6.09 Å². The fourth-order valence-electron chi connectivity index (χ4n) is 3.51. The molecular formula is C15H27N3O3. The third kappa shape index (κ3) is 4.09. The van der Waals surface area contributed by atoms with Crippen LogP contribution in [-0.4, -0.2) is 49.2 Å². The van der Waals surface area contributed by atoms with E-state index in [1.807, 2.05) is 11.8 Å². The standard InChI is InChI=1S/C15H27N3O3/c1-10(11-4-3-5-12(16)8-11)14(19)18-7-6-13(9-18)17-15(20)21-2/h10-13H,3-9,16H2,1-2H3,(H,17,20). The Bertz CT molecular complexity index is 388. The van der Waals surface area contributed by atoms with Crippen molar-refractivity contribution in [1.29, 1.82) is 0 Å². The van der Waals surface area contributed by atoms with Crippen LogP contribution in [0.4, 0.5) is 4.79 Å². The summed E-state index contributed by atoms with van der Waals surface area (Å²) >= 11 is 0. The van der Waals surface area contributed by atoms with Crippen LogP contribution >= 0.6 is 0 Å². The summed E-state index contributed by atoms with van der Waals surface area (Å²) in [4.78, 5) is 25.7. The summed E-state index contributed by atoms with van der Waals surface area (Å²) in [6.45, 7) is 3.31. The first-order valence-electron chi connectivity index (χ1n) is 7.90. The second kappa shape index (κ2) is 7.11. The third-order valence-electron chi connectivity index (χ3n) is 4.86. The summed E-state index contributed by atoms with van der Waals surface area (Å²) in [6, 6.07) is 0.244. The van der Waals surface area contributed by atoms with Gasteiger partial charge in [0.1, 0.15) is 0 Å². The van der Waals surface area contributed by atoms with Crippen LogP contribution in [0.1, 0.15) is 39.0 Å². The maximum Gasteiger partial charge on any atom is 0.407 e. The zero-order valence-electron chi connectivity index (χ0n) is 13.0. The quantitative estimate of drug-likeness (QED) is 0.817. The van der Waals surface area contributed by atoms with Crippen LogP contribution in [0.25, 0.3) is 0 Å². The largest absolute Gasteiger partial charge is 0.453 e. The molecular weight excluding hydrogens is 270 g/mol. The van der Waals surface area contributed by atoms with Gasteiger partial charge < -0.3 is 20.7 Å². The van der Waals surface area contributed by atoms with Gasteiger partial charge in [-0.1, -0.05) is 13.3 Å². The lowest BCUT2D eigenvalue weighted by Gasteiger charge is -2.32. The molecule has 4 unspecified atom stereocenters. The molecule has 1 heterocycles. The fraction of sp³-hybridized carbons (Fsp3) is 0.867. The van der Waals surface area contributed by atoms with Gasteiger partial charge in [0.15, 0.2) is 0 Å². The summed E-state index contributed by atoms with van der Waals surface area (Å²) in [7, 11) is 1.35. The number of ether oxygens (including phenoxy) is 1. The van der Waals surface area contributed by atoms with E-state index >= 15 is 0 Å². The summed E-state index contributed by atoms with van der Waals surface area (Å²) < 4.78 is 4.59. The molecule has 21 heavy (non-hydrogen) atoms. The van der Waals surface area contributed by atoms with Gasteiger partial charge >= 0.3 is 6.09 Å². The first-order valence-corrected chi connectivity index (χ1v) is 7.90. The number of likely N-dealkylation sites (tertiary alicyclic amines) is 1. The molecule has 2 aliphatic rings. The van der Waals surface area contributed by atoms with E-state index in [-0.39, 0.29) is 23.9 Å². The number of nitrogens with zero attached hydrogens (tertiary/aromatic N) is 1. The molecule has 3 N–H and O–H groups in total. The molecule has 0 spiro atoms. The lowest BCUT2D eigenvalue weighted by Crippen LogP contribution is -2.42. The molecule has 2 fully saturated rings. The average Bonchev–Trinajstić information content (AvgIpc) is 2.94. The van der Waals surface area contributed by atoms with Crippen molar-refractivity contribution in [2.45, 2.75) is 51.1 Å². The Balaban J connectivity index is 1.84. The highest BCUT2D eigenvalue weighted by molar-refractivity contribution is 5.79. The fourth-order valence-corrected chi connectivity index (χ4v) is 3.51. The third-order valence-corrected chi connectivity index (χ3v) is 4.86. The number of nitrogens with one attached hydrogen (secondary N) is 1. The van der Waals surface area contributed by atoms with Crippen LogP contribution in [0.15, 0.2) is 0 Å². The van der Waals surface area contributed by atoms with Crippen molar-refractivity contribution in [1.82, 2.24) is 10.2 Å². The summed E-state index contributed by atoms with van der Waals surface area (Å²) in [5.41, 5.74) is 6.02. The molecule has 6 heteroatoms. The number of nitrogens with two attached hydrogens (primary N) is 1. The van der Waals surface area contributed by atoms with Gasteiger partial charge in [-0.3, -0.25) is 4.79 Å². The van der Waals surface area contributed by atoms with Crippen molar-refractivity contribution in [2.75, 3.05) is 20.2 Å². The second-order valence-corrected chi connectivity index (χ2v) is 6.38. The van der Waals surface area contributed by atoms with Crippen LogP contribution in [-0.2, 0) is 9.53 Å². The number of methoxy groups -OCH3 is 1. The van der Waals surface area contributed by atoms with Crippen LogP contribution in [0, 0.1) is 11.8 Å². The van der Waals surface area contributed by atoms with Crippen molar-refractivity contribution in [3.05, 3.63) is 0 Å². The highest BCUT2D eigenvalue weighted by Crippen LogP contribution is 2.31. The summed E-state index contributed by atoms with van der Waals surface area (Å²) in [5, 5.41) is 2.76. The molecule has 0 radical (unpaired) electrons. The minimum Gasteiger partial charge on any atom is -0.453 e. The van der Waals surface area contributed by atoms with Crippen LogP contribution in [0.5, 0.6) is 0 Å². The average molecular weight is 297 g/mol. The molecule has 0 aromatic carbocycles. The van der Waals surface area contributed by atoms with Gasteiger partial charge in [-0.05, 0) is 31.6 Å². The van der Waals surface area contributed by atoms with E-state index in [1.165, 1.54) is 7.11 Å². The van der Waals surface area contributed by atoms with Crippen molar-refractivity contribution in [3.63, 3.8) is 0 Å². The van der Waals surface area contributed by atoms with Crippen molar-refractivity contribution >= 4 is 12.0 Å². The van der Waals surface area contributed by atoms with Gasteiger partial charge in [-0.25, -0.2) is 4.79 Å². The Kier molecular flexibility index (Phi) is 5.45. The molecule has 120 valence electrons. The number of hydrogen-bond donors (Lipinski definition) is 2. The number of amides is 2. The number of rotatable bonds is 3. The lowest BCUT2D eigenvalue weighted by atomic mass is 9.78. The SMILES string of the molecule is COC(=O)NC1CCN(C(=O)C(C)C2CCCC(N)C2)C1. The molecule has 0 aromatic rings. The van der Waals surface area contributed by atoms with Crippen LogP contribution in [0.3, 0.4) is 0 Å². The second-order valence-electron chi connectivity index (χ2n) is 6.38. The van der Waals surface area contributed by atoms with Crippen molar-refractivity contribution in [2.24, 2.45) is 17.6 Å². The van der Waals surface area contributed by atoms with Crippen LogP contribution in [0.2, 0.25) is 0 Å². The molecule has 1 aliphatic carbocycles. The lowest BCUT2D eigenvalue weighted by molar-refractivity contribution is -0.136. The highest BCUT2D eigenvalue weighted by atomic mass is 16.5. The monoisotopic (exact) mass is 297 g/mol. The minimum absolute atomic E-state index is 0.00205. The molecule has 1 saturated heterocycles. The highest BCUT2D eigenvalue weighted by Gasteiger charge is 2.34. The molecule has 0 bridgehead atoms. The molecule has 2 amide bonds. The first-order chi connectivity index (χ1) is 10.0. The predicted molar refractivity (Wildman–Crippen MR) is 79.6 cm³/mol. The van der Waals surface area contributed by atoms with Gasteiger partial charge in [0.2, 0.25) is 5.91 Å². The molecule has 1 saturated carbocycles. The zero-order chi connectivity index (χ0) is 15.4. The molecule has 1 aliphatic heterocycles. The van der Waals surface area contributed by atoms with Gasteiger partial charge in [0.25, 0.3) is 0 Å². The van der Waals surface area contributed by atoms with Crippen LogP contribution < -0.4 is 11.1 Å². The molecule has 4 atom stereocenters. The van der Waals surface area contributed by atoms with Gasteiger partial charge in [0.05, 0.1) is 13.2 Å². The van der Waals surface area contributed by atoms with E-state index in [0.29, 0.717) is 19.0 Å². The number of alkyl carbamates (subject to hydrolysis) is 1. The Morgan fingerprint density at radius 3 is 2.76 bits per heavy atom. The molecule has 0 aromatic heterocycles. The van der Waals surface area contributed by atoms with E-state index in [9.17, 15) is 9.59 Å². The maximum atomic E-state index is 12.6. The minimum atomic E-state index is -0.430. The summed E-state index contributed by atoms with van der Waals surface area (Å²) in [6.07, 6.45) is 4.60. The van der Waals surface area contributed by atoms with E-state index in [1.54, 1.807) is 0 Å². The topological polar surface area (TPSA) is 84.7 Å². The van der Waals surface area contributed by atoms with Gasteiger partial charge in [-0.2, -0.15) is 0 Å². The van der Waals surface area contributed by atoms with Crippen molar-refractivity contribution in [3.8, 4) is 0 Å². The Morgan fingerprint density at radius 1 is 1.33 bits per heavy atom.